The van der Waals surface area contributed by atoms with Crippen LogP contribution in [0.15, 0.2) is 36.7 Å². The van der Waals surface area contributed by atoms with Crippen LogP contribution in [0, 0.1) is 11.3 Å². The SMILES string of the molecule is N#CC1(c2ccccc2)CCc2c(sc3ncnc(N4CCCCC4)c23)C1. The predicted octanol–water partition coefficient (Wildman–Crippen LogP) is 4.63. The van der Waals surface area contributed by atoms with Crippen LogP contribution in [0.4, 0.5) is 5.82 Å². The Labute approximate surface area is 163 Å². The molecule has 3 heterocycles. The lowest BCUT2D eigenvalue weighted by molar-refractivity contribution is 0.480. The molecule has 1 atom stereocenters. The molecule has 1 saturated heterocycles. The Kier molecular flexibility index (Phi) is 4.09. The summed E-state index contributed by atoms with van der Waals surface area (Å²) in [6.07, 6.45) is 8.07. The summed E-state index contributed by atoms with van der Waals surface area (Å²) in [5.74, 6) is 1.11. The molecule has 2 aromatic heterocycles. The number of piperidine rings is 1. The highest BCUT2D eigenvalue weighted by Gasteiger charge is 2.38. The number of nitrogens with zero attached hydrogens (tertiary/aromatic N) is 4. The van der Waals surface area contributed by atoms with Gasteiger partial charge in [0, 0.05) is 24.4 Å². The number of anilines is 1. The Hall–Kier alpha value is -2.45. The van der Waals surface area contributed by atoms with Gasteiger partial charge in [0.15, 0.2) is 0 Å². The zero-order valence-electron chi connectivity index (χ0n) is 15.3. The Bertz CT molecular complexity index is 1010. The Morgan fingerprint density at radius 3 is 2.67 bits per heavy atom. The van der Waals surface area contributed by atoms with Crippen molar-refractivity contribution in [3.05, 3.63) is 52.7 Å². The molecule has 5 heteroatoms. The van der Waals surface area contributed by atoms with Crippen molar-refractivity contribution in [2.75, 3.05) is 18.0 Å². The largest absolute Gasteiger partial charge is 0.356 e. The van der Waals surface area contributed by atoms with E-state index in [1.54, 1.807) is 17.7 Å². The van der Waals surface area contributed by atoms with Gasteiger partial charge in [0.05, 0.1) is 16.9 Å². The molecular formula is C22H22N4S. The second-order valence-corrected chi connectivity index (χ2v) is 8.75. The van der Waals surface area contributed by atoms with Gasteiger partial charge in [-0.25, -0.2) is 9.97 Å². The number of fused-ring (bicyclic) bond motifs is 3. The van der Waals surface area contributed by atoms with Crippen molar-refractivity contribution in [1.29, 1.82) is 5.26 Å². The van der Waals surface area contributed by atoms with Gasteiger partial charge in [-0.1, -0.05) is 30.3 Å². The summed E-state index contributed by atoms with van der Waals surface area (Å²) >= 11 is 1.76. The van der Waals surface area contributed by atoms with E-state index in [2.05, 4.69) is 33.1 Å². The smallest absolute Gasteiger partial charge is 0.141 e. The molecule has 1 aromatic carbocycles. The first-order valence-corrected chi connectivity index (χ1v) is 10.6. The molecule has 0 radical (unpaired) electrons. The van der Waals surface area contributed by atoms with Crippen LogP contribution in [0.5, 0.6) is 0 Å². The fourth-order valence-electron chi connectivity index (χ4n) is 4.64. The number of hydrogen-bond acceptors (Lipinski definition) is 5. The molecule has 0 saturated carbocycles. The predicted molar refractivity (Wildman–Crippen MR) is 109 cm³/mol. The average Bonchev–Trinajstić information content (AvgIpc) is 3.12. The first kappa shape index (κ1) is 16.7. The van der Waals surface area contributed by atoms with Crippen molar-refractivity contribution in [3.63, 3.8) is 0 Å². The van der Waals surface area contributed by atoms with Crippen LogP contribution >= 0.6 is 11.3 Å². The summed E-state index contributed by atoms with van der Waals surface area (Å²) in [7, 11) is 0. The van der Waals surface area contributed by atoms with Gasteiger partial charge < -0.3 is 4.90 Å². The van der Waals surface area contributed by atoms with Gasteiger partial charge in [-0.2, -0.15) is 5.26 Å². The molecule has 1 aliphatic carbocycles. The maximum Gasteiger partial charge on any atom is 0.141 e. The van der Waals surface area contributed by atoms with E-state index in [9.17, 15) is 5.26 Å². The number of benzene rings is 1. The number of rotatable bonds is 2. The summed E-state index contributed by atoms with van der Waals surface area (Å²) in [6.45, 7) is 2.17. The normalized spacial score (nSPS) is 22.4. The van der Waals surface area contributed by atoms with Gasteiger partial charge in [-0.3, -0.25) is 0 Å². The molecule has 0 spiro atoms. The first-order chi connectivity index (χ1) is 13.3. The van der Waals surface area contributed by atoms with Crippen LogP contribution in [0.1, 0.15) is 41.7 Å². The Balaban J connectivity index is 1.60. The summed E-state index contributed by atoms with van der Waals surface area (Å²) in [5, 5.41) is 11.3. The zero-order chi connectivity index (χ0) is 18.3. The second-order valence-electron chi connectivity index (χ2n) is 7.67. The fourth-order valence-corrected chi connectivity index (χ4v) is 5.93. The minimum Gasteiger partial charge on any atom is -0.356 e. The van der Waals surface area contributed by atoms with Crippen molar-refractivity contribution in [2.45, 2.75) is 43.9 Å². The minimum atomic E-state index is -0.423. The molecule has 136 valence electrons. The van der Waals surface area contributed by atoms with E-state index in [0.29, 0.717) is 0 Å². The lowest BCUT2D eigenvalue weighted by atomic mass is 9.70. The molecule has 2 aliphatic rings. The van der Waals surface area contributed by atoms with Crippen molar-refractivity contribution >= 4 is 27.4 Å². The van der Waals surface area contributed by atoms with E-state index in [0.717, 1.165) is 48.6 Å². The van der Waals surface area contributed by atoms with Crippen LogP contribution in [-0.2, 0) is 18.3 Å². The van der Waals surface area contributed by atoms with Gasteiger partial charge >= 0.3 is 0 Å². The number of nitriles is 1. The van der Waals surface area contributed by atoms with Gasteiger partial charge in [-0.15, -0.1) is 11.3 Å². The Morgan fingerprint density at radius 2 is 1.89 bits per heavy atom. The molecule has 27 heavy (non-hydrogen) atoms. The van der Waals surface area contributed by atoms with E-state index in [4.69, 9.17) is 0 Å². The van der Waals surface area contributed by atoms with Crippen molar-refractivity contribution < 1.29 is 0 Å². The molecule has 1 unspecified atom stereocenters. The molecular weight excluding hydrogens is 352 g/mol. The fraction of sp³-hybridized carbons (Fsp3) is 0.409. The minimum absolute atomic E-state index is 0.423. The quantitative estimate of drug-likeness (QED) is 0.656. The molecule has 5 rings (SSSR count). The third-order valence-corrected chi connectivity index (χ3v) is 7.25. The van der Waals surface area contributed by atoms with E-state index in [1.807, 2.05) is 18.2 Å². The van der Waals surface area contributed by atoms with E-state index in [-0.39, 0.29) is 0 Å². The first-order valence-electron chi connectivity index (χ1n) is 9.78. The van der Waals surface area contributed by atoms with Crippen molar-refractivity contribution in [3.8, 4) is 6.07 Å². The van der Waals surface area contributed by atoms with E-state index < -0.39 is 5.41 Å². The van der Waals surface area contributed by atoms with Crippen LogP contribution in [0.2, 0.25) is 0 Å². The van der Waals surface area contributed by atoms with Gasteiger partial charge in [0.2, 0.25) is 0 Å². The highest BCUT2D eigenvalue weighted by Crippen LogP contribution is 2.45. The maximum absolute atomic E-state index is 10.1. The molecule has 4 nitrogen and oxygen atoms in total. The molecule has 0 amide bonds. The van der Waals surface area contributed by atoms with Gasteiger partial charge in [-0.05, 0) is 43.2 Å². The lowest BCUT2D eigenvalue weighted by Gasteiger charge is -2.32. The monoisotopic (exact) mass is 374 g/mol. The number of hydrogen-bond donors (Lipinski definition) is 0. The number of aryl methyl sites for hydroxylation is 1. The lowest BCUT2D eigenvalue weighted by Crippen LogP contribution is -2.32. The van der Waals surface area contributed by atoms with Crippen molar-refractivity contribution in [1.82, 2.24) is 9.97 Å². The van der Waals surface area contributed by atoms with Crippen LogP contribution in [0.25, 0.3) is 10.2 Å². The highest BCUT2D eigenvalue weighted by molar-refractivity contribution is 7.19. The average molecular weight is 375 g/mol. The second kappa shape index (κ2) is 6.61. The molecule has 0 N–H and O–H groups in total. The molecule has 1 aliphatic heterocycles. The highest BCUT2D eigenvalue weighted by atomic mass is 32.1. The zero-order valence-corrected chi connectivity index (χ0v) is 16.1. The maximum atomic E-state index is 10.1. The summed E-state index contributed by atoms with van der Waals surface area (Å²) in [5.41, 5.74) is 2.10. The Morgan fingerprint density at radius 1 is 1.07 bits per heavy atom. The van der Waals surface area contributed by atoms with Crippen LogP contribution in [0.3, 0.4) is 0 Å². The van der Waals surface area contributed by atoms with E-state index in [1.165, 1.54) is 35.1 Å². The topological polar surface area (TPSA) is 52.8 Å². The third kappa shape index (κ3) is 2.71. The third-order valence-electron chi connectivity index (χ3n) is 6.11. The van der Waals surface area contributed by atoms with E-state index >= 15 is 0 Å². The summed E-state index contributed by atoms with van der Waals surface area (Å²) in [4.78, 5) is 14.1. The van der Waals surface area contributed by atoms with Gasteiger partial charge in [0.1, 0.15) is 17.0 Å². The van der Waals surface area contributed by atoms with Crippen LogP contribution < -0.4 is 4.90 Å². The van der Waals surface area contributed by atoms with Crippen LogP contribution in [-0.4, -0.2) is 23.1 Å². The molecule has 1 fully saturated rings. The van der Waals surface area contributed by atoms with Crippen molar-refractivity contribution in [2.24, 2.45) is 0 Å². The molecule has 3 aromatic rings. The molecule has 0 bridgehead atoms. The standard InChI is InChI=1S/C22H22N4S/c23-14-22(16-7-3-1-4-8-16)10-9-17-18(13-22)27-21-19(17)20(24-15-25-21)26-11-5-2-6-12-26/h1,3-4,7-8,15H,2,5-6,9-13H2. The summed E-state index contributed by atoms with van der Waals surface area (Å²) in [6, 6.07) is 12.9. The number of aromatic nitrogens is 2. The summed E-state index contributed by atoms with van der Waals surface area (Å²) < 4.78 is 0. The van der Waals surface area contributed by atoms with Gasteiger partial charge in [0.25, 0.3) is 0 Å². The number of thiophene rings is 1.